The van der Waals surface area contributed by atoms with Gasteiger partial charge in [-0.1, -0.05) is 32.6 Å². The number of esters is 1. The first-order chi connectivity index (χ1) is 10.1. The maximum atomic E-state index is 12.2. The van der Waals surface area contributed by atoms with Gasteiger partial charge in [0.05, 0.1) is 12.0 Å². The van der Waals surface area contributed by atoms with E-state index in [0.29, 0.717) is 6.61 Å². The molecule has 3 heteroatoms. The van der Waals surface area contributed by atoms with Crippen molar-refractivity contribution in [3.63, 3.8) is 0 Å². The fourth-order valence-electron chi connectivity index (χ4n) is 3.14. The normalized spacial score (nSPS) is 25.3. The monoisotopic (exact) mass is 298 g/mol. The Hall–Kier alpha value is -0.570. The van der Waals surface area contributed by atoms with E-state index in [9.17, 15) is 4.79 Å². The Kier molecular flexibility index (Phi) is 8.98. The van der Waals surface area contributed by atoms with Crippen molar-refractivity contribution < 1.29 is 14.3 Å². The SMILES string of the molecule is CCCCCC1CCC(C(=O)OC(C)C(C)OCC)CC1. The molecule has 2 atom stereocenters. The van der Waals surface area contributed by atoms with Crippen LogP contribution in [0.25, 0.3) is 0 Å². The molecule has 0 bridgehead atoms. The van der Waals surface area contributed by atoms with Crippen molar-refractivity contribution in [2.45, 2.75) is 91.3 Å². The van der Waals surface area contributed by atoms with E-state index >= 15 is 0 Å². The zero-order valence-electron chi connectivity index (χ0n) is 14.4. The van der Waals surface area contributed by atoms with Crippen molar-refractivity contribution >= 4 is 5.97 Å². The molecule has 0 heterocycles. The summed E-state index contributed by atoms with van der Waals surface area (Å²) in [6, 6.07) is 0. The molecule has 0 radical (unpaired) electrons. The lowest BCUT2D eigenvalue weighted by Crippen LogP contribution is -2.32. The number of rotatable bonds is 9. The minimum absolute atomic E-state index is 0.0129. The maximum Gasteiger partial charge on any atom is 0.309 e. The van der Waals surface area contributed by atoms with Crippen LogP contribution in [0.4, 0.5) is 0 Å². The zero-order valence-corrected chi connectivity index (χ0v) is 14.4. The third-order valence-corrected chi connectivity index (χ3v) is 4.79. The van der Waals surface area contributed by atoms with Gasteiger partial charge in [-0.25, -0.2) is 0 Å². The molecule has 0 aromatic carbocycles. The smallest absolute Gasteiger partial charge is 0.309 e. The third kappa shape index (κ3) is 6.82. The highest BCUT2D eigenvalue weighted by molar-refractivity contribution is 5.72. The van der Waals surface area contributed by atoms with E-state index in [1.165, 1.54) is 38.5 Å². The molecule has 21 heavy (non-hydrogen) atoms. The number of hydrogen-bond acceptors (Lipinski definition) is 3. The Morgan fingerprint density at radius 2 is 1.71 bits per heavy atom. The minimum Gasteiger partial charge on any atom is -0.460 e. The lowest BCUT2D eigenvalue weighted by atomic mass is 9.80. The van der Waals surface area contributed by atoms with Gasteiger partial charge in [-0.05, 0) is 52.4 Å². The summed E-state index contributed by atoms with van der Waals surface area (Å²) in [5.74, 6) is 0.935. The molecular formula is C18H34O3. The molecule has 0 spiro atoms. The summed E-state index contributed by atoms with van der Waals surface area (Å²) >= 11 is 0. The highest BCUT2D eigenvalue weighted by atomic mass is 16.6. The molecule has 0 aromatic rings. The molecule has 2 unspecified atom stereocenters. The number of ether oxygens (including phenoxy) is 2. The van der Waals surface area contributed by atoms with E-state index in [-0.39, 0.29) is 24.1 Å². The van der Waals surface area contributed by atoms with Gasteiger partial charge in [0, 0.05) is 6.61 Å². The molecule has 1 aliphatic carbocycles. The minimum atomic E-state index is -0.153. The van der Waals surface area contributed by atoms with Crippen LogP contribution in [0.15, 0.2) is 0 Å². The van der Waals surface area contributed by atoms with Crippen LogP contribution < -0.4 is 0 Å². The summed E-state index contributed by atoms with van der Waals surface area (Å²) in [6.45, 7) is 8.76. The van der Waals surface area contributed by atoms with Crippen LogP contribution in [0.1, 0.15) is 79.1 Å². The van der Waals surface area contributed by atoms with Crippen molar-refractivity contribution in [1.82, 2.24) is 0 Å². The van der Waals surface area contributed by atoms with Crippen LogP contribution in [0, 0.1) is 11.8 Å². The second-order valence-electron chi connectivity index (χ2n) is 6.52. The van der Waals surface area contributed by atoms with E-state index in [0.717, 1.165) is 18.8 Å². The van der Waals surface area contributed by atoms with Gasteiger partial charge in [0.15, 0.2) is 0 Å². The largest absolute Gasteiger partial charge is 0.460 e. The lowest BCUT2D eigenvalue weighted by molar-refractivity contribution is -0.161. The maximum absolute atomic E-state index is 12.2. The Morgan fingerprint density at radius 3 is 2.29 bits per heavy atom. The topological polar surface area (TPSA) is 35.5 Å². The average Bonchev–Trinajstić information content (AvgIpc) is 2.48. The molecule has 1 saturated carbocycles. The van der Waals surface area contributed by atoms with Crippen molar-refractivity contribution in [3.05, 3.63) is 0 Å². The van der Waals surface area contributed by atoms with Gasteiger partial charge in [-0.3, -0.25) is 4.79 Å². The van der Waals surface area contributed by atoms with Crippen LogP contribution in [0.2, 0.25) is 0 Å². The summed E-state index contributed by atoms with van der Waals surface area (Å²) in [7, 11) is 0. The molecule has 0 aliphatic heterocycles. The second-order valence-corrected chi connectivity index (χ2v) is 6.52. The molecule has 1 aliphatic rings. The van der Waals surface area contributed by atoms with Crippen molar-refractivity contribution in [2.24, 2.45) is 11.8 Å². The Morgan fingerprint density at radius 1 is 1.05 bits per heavy atom. The Bertz CT molecular complexity index is 282. The van der Waals surface area contributed by atoms with Crippen LogP contribution in [0.5, 0.6) is 0 Å². The molecule has 3 nitrogen and oxygen atoms in total. The van der Waals surface area contributed by atoms with Crippen LogP contribution in [-0.2, 0) is 14.3 Å². The van der Waals surface area contributed by atoms with Gasteiger partial charge in [-0.15, -0.1) is 0 Å². The fourth-order valence-corrected chi connectivity index (χ4v) is 3.14. The van der Waals surface area contributed by atoms with Crippen molar-refractivity contribution in [2.75, 3.05) is 6.61 Å². The van der Waals surface area contributed by atoms with Crippen LogP contribution in [-0.4, -0.2) is 24.8 Å². The van der Waals surface area contributed by atoms with Gasteiger partial charge in [0.1, 0.15) is 6.10 Å². The quantitative estimate of drug-likeness (QED) is 0.456. The summed E-state index contributed by atoms with van der Waals surface area (Å²) in [6.07, 6.45) is 9.54. The van der Waals surface area contributed by atoms with Crippen LogP contribution >= 0.6 is 0 Å². The average molecular weight is 298 g/mol. The summed E-state index contributed by atoms with van der Waals surface area (Å²) in [4.78, 5) is 12.2. The number of unbranched alkanes of at least 4 members (excludes halogenated alkanes) is 2. The van der Waals surface area contributed by atoms with Crippen LogP contribution in [0.3, 0.4) is 0 Å². The second kappa shape index (κ2) is 10.2. The van der Waals surface area contributed by atoms with Gasteiger partial charge in [-0.2, -0.15) is 0 Å². The summed E-state index contributed by atoms with van der Waals surface area (Å²) in [5.41, 5.74) is 0. The molecule has 0 aromatic heterocycles. The van der Waals surface area contributed by atoms with Gasteiger partial charge >= 0.3 is 5.97 Å². The van der Waals surface area contributed by atoms with E-state index in [4.69, 9.17) is 9.47 Å². The lowest BCUT2D eigenvalue weighted by Gasteiger charge is -2.29. The van der Waals surface area contributed by atoms with Gasteiger partial charge < -0.3 is 9.47 Å². The van der Waals surface area contributed by atoms with E-state index in [2.05, 4.69) is 6.92 Å². The molecule has 0 N–H and O–H groups in total. The predicted molar refractivity (Wildman–Crippen MR) is 86.2 cm³/mol. The highest BCUT2D eigenvalue weighted by Crippen LogP contribution is 2.33. The first-order valence-electron chi connectivity index (χ1n) is 8.90. The standard InChI is InChI=1S/C18H34O3/c1-5-7-8-9-16-10-12-17(13-11-16)18(19)21-15(4)14(3)20-6-2/h14-17H,5-13H2,1-4H3. The molecule has 0 amide bonds. The number of carbonyl (C=O) groups excluding carboxylic acids is 1. The summed E-state index contributed by atoms with van der Waals surface area (Å²) in [5, 5.41) is 0. The van der Waals surface area contributed by atoms with E-state index in [1.54, 1.807) is 0 Å². The van der Waals surface area contributed by atoms with Gasteiger partial charge in [0.2, 0.25) is 0 Å². The third-order valence-electron chi connectivity index (χ3n) is 4.79. The fraction of sp³-hybridized carbons (Fsp3) is 0.944. The molecule has 124 valence electrons. The van der Waals surface area contributed by atoms with Crippen molar-refractivity contribution in [1.29, 1.82) is 0 Å². The molecule has 1 rings (SSSR count). The first-order valence-corrected chi connectivity index (χ1v) is 8.90. The van der Waals surface area contributed by atoms with E-state index in [1.807, 2.05) is 20.8 Å². The van der Waals surface area contributed by atoms with Crippen molar-refractivity contribution in [3.8, 4) is 0 Å². The first kappa shape index (κ1) is 18.5. The molecular weight excluding hydrogens is 264 g/mol. The predicted octanol–water partition coefficient (Wildman–Crippen LogP) is 4.73. The van der Waals surface area contributed by atoms with Gasteiger partial charge in [0.25, 0.3) is 0 Å². The molecule has 1 fully saturated rings. The number of hydrogen-bond donors (Lipinski definition) is 0. The number of carbonyl (C=O) groups is 1. The molecule has 0 saturated heterocycles. The van der Waals surface area contributed by atoms with E-state index < -0.39 is 0 Å². The zero-order chi connectivity index (χ0) is 15.7. The summed E-state index contributed by atoms with van der Waals surface area (Å²) < 4.78 is 11.1. The highest BCUT2D eigenvalue weighted by Gasteiger charge is 2.29. The Balaban J connectivity index is 2.25. The Labute approximate surface area is 130 Å².